The van der Waals surface area contributed by atoms with Gasteiger partial charge in [0.05, 0.1) is 19.2 Å². The number of carbonyl (C=O) groups excluding carboxylic acids is 1. The highest BCUT2D eigenvalue weighted by Gasteiger charge is 2.10. The van der Waals surface area contributed by atoms with E-state index in [1.54, 1.807) is 26.5 Å². The second kappa shape index (κ2) is 9.98. The minimum atomic E-state index is -0.518. The van der Waals surface area contributed by atoms with E-state index in [-0.39, 0.29) is 23.4 Å². The number of nitrogens with one attached hydrogen (secondary N) is 1. The van der Waals surface area contributed by atoms with Gasteiger partial charge in [-0.15, -0.1) is 0 Å². The molecule has 0 saturated carbocycles. The van der Waals surface area contributed by atoms with Crippen molar-refractivity contribution in [3.63, 3.8) is 0 Å². The molecular weight excluding hydrogens is 413 g/mol. The van der Waals surface area contributed by atoms with Gasteiger partial charge in [0, 0.05) is 18.8 Å². The molecule has 1 heterocycles. The molecule has 0 radical (unpaired) electrons. The molecule has 0 aliphatic rings. The van der Waals surface area contributed by atoms with Crippen molar-refractivity contribution in [3.8, 4) is 17.2 Å². The Kier molecular flexibility index (Phi) is 7.13. The van der Waals surface area contributed by atoms with Gasteiger partial charge in [-0.05, 0) is 42.3 Å². The zero-order valence-corrected chi connectivity index (χ0v) is 17.3. The number of hydrogen-bond donors (Lipinski definition) is 1. The third-order valence-corrected chi connectivity index (χ3v) is 4.56. The van der Waals surface area contributed by atoms with Gasteiger partial charge in [0.2, 0.25) is 0 Å². The van der Waals surface area contributed by atoms with Crippen molar-refractivity contribution < 1.29 is 23.4 Å². The first kappa shape index (κ1) is 21.4. The van der Waals surface area contributed by atoms with Gasteiger partial charge < -0.3 is 19.5 Å². The summed E-state index contributed by atoms with van der Waals surface area (Å²) in [6.45, 7) is 0.493. The lowest BCUT2D eigenvalue weighted by molar-refractivity contribution is 0.0947. The molecule has 3 aromatic rings. The predicted octanol–water partition coefficient (Wildman–Crippen LogP) is 3.70. The van der Waals surface area contributed by atoms with Crippen LogP contribution in [0.2, 0.25) is 5.02 Å². The second-order valence-corrected chi connectivity index (χ2v) is 6.69. The van der Waals surface area contributed by atoms with Crippen LogP contribution in [0.4, 0.5) is 4.39 Å². The number of rotatable bonds is 9. The third-order valence-electron chi connectivity index (χ3n) is 4.28. The minimum absolute atomic E-state index is 0.0255. The summed E-state index contributed by atoms with van der Waals surface area (Å²) < 4.78 is 30.6. The van der Waals surface area contributed by atoms with Crippen LogP contribution in [0.25, 0.3) is 0 Å². The van der Waals surface area contributed by atoms with Gasteiger partial charge >= 0.3 is 0 Å². The van der Waals surface area contributed by atoms with Crippen LogP contribution in [0, 0.1) is 5.82 Å². The summed E-state index contributed by atoms with van der Waals surface area (Å²) in [5.74, 6) is 0.885. The molecule has 7 nitrogen and oxygen atoms in total. The largest absolute Gasteiger partial charge is 0.493 e. The highest BCUT2D eigenvalue weighted by atomic mass is 35.5. The van der Waals surface area contributed by atoms with Crippen LogP contribution in [0.1, 0.15) is 16.1 Å². The molecule has 0 spiro atoms. The smallest absolute Gasteiger partial charge is 0.271 e. The van der Waals surface area contributed by atoms with E-state index in [4.69, 9.17) is 25.8 Å². The molecular formula is C21H21ClFN3O4. The fourth-order valence-electron chi connectivity index (χ4n) is 2.71. The topological polar surface area (TPSA) is 74.6 Å². The van der Waals surface area contributed by atoms with Crippen molar-refractivity contribution in [1.29, 1.82) is 0 Å². The fourth-order valence-corrected chi connectivity index (χ4v) is 2.88. The summed E-state index contributed by atoms with van der Waals surface area (Å²) in [7, 11) is 3.16. The van der Waals surface area contributed by atoms with E-state index in [2.05, 4.69) is 10.4 Å². The van der Waals surface area contributed by atoms with Crippen molar-refractivity contribution in [2.24, 2.45) is 0 Å². The van der Waals surface area contributed by atoms with Crippen molar-refractivity contribution in [2.45, 2.75) is 13.2 Å². The van der Waals surface area contributed by atoms with E-state index in [0.717, 1.165) is 5.56 Å². The van der Waals surface area contributed by atoms with E-state index < -0.39 is 5.82 Å². The van der Waals surface area contributed by atoms with E-state index in [1.807, 2.05) is 18.2 Å². The lowest BCUT2D eigenvalue weighted by Crippen LogP contribution is -2.26. The van der Waals surface area contributed by atoms with Gasteiger partial charge in [0.25, 0.3) is 5.91 Å². The Bertz CT molecular complexity index is 1030. The SMILES string of the molecule is COc1ccc(CCNC(=O)c2ccn(COc3ccc(F)c(Cl)c3)n2)cc1OC. The fraction of sp³-hybridized carbons (Fsp3) is 0.238. The van der Waals surface area contributed by atoms with Gasteiger partial charge in [-0.3, -0.25) is 4.79 Å². The van der Waals surface area contributed by atoms with Gasteiger partial charge in [-0.2, -0.15) is 5.10 Å². The zero-order chi connectivity index (χ0) is 21.5. The molecule has 1 aromatic heterocycles. The Labute approximate surface area is 178 Å². The van der Waals surface area contributed by atoms with Crippen LogP contribution in [0.15, 0.2) is 48.7 Å². The van der Waals surface area contributed by atoms with Gasteiger partial charge in [-0.25, -0.2) is 9.07 Å². The Hall–Kier alpha value is -3.26. The number of carbonyl (C=O) groups is 1. The van der Waals surface area contributed by atoms with Crippen LogP contribution >= 0.6 is 11.6 Å². The van der Waals surface area contributed by atoms with Crippen LogP contribution in [-0.4, -0.2) is 36.5 Å². The molecule has 0 unspecified atom stereocenters. The number of aromatic nitrogens is 2. The Morgan fingerprint density at radius 2 is 1.93 bits per heavy atom. The first-order valence-electron chi connectivity index (χ1n) is 9.10. The quantitative estimate of drug-likeness (QED) is 0.557. The highest BCUT2D eigenvalue weighted by Crippen LogP contribution is 2.27. The highest BCUT2D eigenvalue weighted by molar-refractivity contribution is 6.30. The summed E-state index contributed by atoms with van der Waals surface area (Å²) >= 11 is 5.72. The number of nitrogens with zero attached hydrogens (tertiary/aromatic N) is 2. The molecule has 1 amide bonds. The minimum Gasteiger partial charge on any atom is -0.493 e. The molecule has 158 valence electrons. The second-order valence-electron chi connectivity index (χ2n) is 6.29. The molecule has 2 aromatic carbocycles. The molecule has 0 fully saturated rings. The van der Waals surface area contributed by atoms with Crippen LogP contribution in [0.5, 0.6) is 17.2 Å². The summed E-state index contributed by atoms with van der Waals surface area (Å²) in [5.41, 5.74) is 1.27. The molecule has 3 rings (SSSR count). The number of benzene rings is 2. The zero-order valence-electron chi connectivity index (χ0n) is 16.5. The van der Waals surface area contributed by atoms with Gasteiger partial charge in [0.15, 0.2) is 18.2 Å². The molecule has 0 saturated heterocycles. The molecule has 0 bridgehead atoms. The van der Waals surface area contributed by atoms with Gasteiger partial charge in [0.1, 0.15) is 17.3 Å². The van der Waals surface area contributed by atoms with Gasteiger partial charge in [-0.1, -0.05) is 17.7 Å². The maximum absolute atomic E-state index is 13.2. The van der Waals surface area contributed by atoms with Crippen molar-refractivity contribution in [1.82, 2.24) is 15.1 Å². The summed E-state index contributed by atoms with van der Waals surface area (Å²) in [4.78, 5) is 12.3. The molecule has 30 heavy (non-hydrogen) atoms. The number of hydrogen-bond acceptors (Lipinski definition) is 5. The predicted molar refractivity (Wildman–Crippen MR) is 110 cm³/mol. The normalized spacial score (nSPS) is 10.5. The van der Waals surface area contributed by atoms with E-state index in [1.165, 1.54) is 22.9 Å². The summed E-state index contributed by atoms with van der Waals surface area (Å²) in [6, 6.07) is 11.3. The molecule has 1 N–H and O–H groups in total. The van der Waals surface area contributed by atoms with Crippen molar-refractivity contribution >= 4 is 17.5 Å². The van der Waals surface area contributed by atoms with Crippen LogP contribution < -0.4 is 19.5 Å². The van der Waals surface area contributed by atoms with Crippen molar-refractivity contribution in [2.75, 3.05) is 20.8 Å². The van der Waals surface area contributed by atoms with E-state index >= 15 is 0 Å². The maximum atomic E-state index is 13.2. The first-order chi connectivity index (χ1) is 14.5. The molecule has 0 aliphatic heterocycles. The molecule has 9 heteroatoms. The number of halogens is 2. The van der Waals surface area contributed by atoms with Crippen molar-refractivity contribution in [3.05, 3.63) is 70.8 Å². The number of methoxy groups -OCH3 is 2. The lowest BCUT2D eigenvalue weighted by Gasteiger charge is -2.10. The lowest BCUT2D eigenvalue weighted by atomic mass is 10.1. The summed E-state index contributed by atoms with van der Waals surface area (Å²) in [5, 5.41) is 6.98. The van der Waals surface area contributed by atoms with E-state index in [9.17, 15) is 9.18 Å². The molecule has 0 aliphatic carbocycles. The third kappa shape index (κ3) is 5.42. The summed E-state index contributed by atoms with van der Waals surface area (Å²) in [6.07, 6.45) is 2.25. The Morgan fingerprint density at radius 3 is 2.67 bits per heavy atom. The number of ether oxygens (including phenoxy) is 3. The monoisotopic (exact) mass is 433 g/mol. The average molecular weight is 434 g/mol. The maximum Gasteiger partial charge on any atom is 0.271 e. The Balaban J connectivity index is 1.49. The standard InChI is InChI=1S/C21H21ClFN3O4/c1-28-19-6-3-14(11-20(19)29-2)7-9-24-21(27)18-8-10-26(25-18)13-30-15-4-5-17(23)16(22)12-15/h3-6,8,10-12H,7,9,13H2,1-2H3,(H,24,27). The van der Waals surface area contributed by atoms with Crippen LogP contribution in [0.3, 0.4) is 0 Å². The first-order valence-corrected chi connectivity index (χ1v) is 9.48. The molecule has 0 atom stereocenters. The average Bonchev–Trinajstić information content (AvgIpc) is 3.23. The number of amides is 1. The Morgan fingerprint density at radius 1 is 1.13 bits per heavy atom. The van der Waals surface area contributed by atoms with E-state index in [0.29, 0.717) is 30.2 Å². The van der Waals surface area contributed by atoms with Crippen LogP contribution in [-0.2, 0) is 13.2 Å².